The second-order valence-corrected chi connectivity index (χ2v) is 6.29. The van der Waals surface area contributed by atoms with Gasteiger partial charge in [-0.1, -0.05) is 0 Å². The fourth-order valence-electron chi connectivity index (χ4n) is 2.20. The van der Waals surface area contributed by atoms with Crippen molar-refractivity contribution in [2.75, 3.05) is 32.5 Å². The first kappa shape index (κ1) is 20.1. The van der Waals surface area contributed by atoms with Crippen LogP contribution in [0.3, 0.4) is 0 Å². The zero-order chi connectivity index (χ0) is 19.3. The number of hydrogen-bond acceptors (Lipinski definition) is 3. The molecular formula is C16H19F4N5S. The summed E-state index contributed by atoms with van der Waals surface area (Å²) in [6, 6.07) is 1.70. The summed E-state index contributed by atoms with van der Waals surface area (Å²) in [5.41, 5.74) is -0.735. The van der Waals surface area contributed by atoms with Gasteiger partial charge in [0, 0.05) is 24.9 Å². The zero-order valence-electron chi connectivity index (χ0n) is 14.3. The maximum atomic E-state index is 13.7. The van der Waals surface area contributed by atoms with Crippen LogP contribution >= 0.6 is 12.2 Å². The average molecular weight is 389 g/mol. The summed E-state index contributed by atoms with van der Waals surface area (Å²) < 4.78 is 55.0. The van der Waals surface area contributed by atoms with Crippen molar-refractivity contribution >= 4 is 23.1 Å². The van der Waals surface area contributed by atoms with Crippen LogP contribution in [0.4, 0.5) is 23.4 Å². The third-order valence-corrected chi connectivity index (χ3v) is 3.72. The van der Waals surface area contributed by atoms with Crippen molar-refractivity contribution in [3.8, 4) is 0 Å². The normalized spacial score (nSPS) is 11.0. The molecule has 1 heterocycles. The van der Waals surface area contributed by atoms with E-state index in [1.54, 1.807) is 0 Å². The first-order valence-electron chi connectivity index (χ1n) is 7.83. The Morgan fingerprint density at radius 2 is 1.85 bits per heavy atom. The fraction of sp³-hybridized carbons (Fsp3) is 0.375. The fourth-order valence-corrected chi connectivity index (χ4v) is 2.40. The Morgan fingerprint density at radius 3 is 2.46 bits per heavy atom. The van der Waals surface area contributed by atoms with Crippen molar-refractivity contribution < 1.29 is 17.6 Å². The van der Waals surface area contributed by atoms with Gasteiger partial charge in [0.15, 0.2) is 34.2 Å². The van der Waals surface area contributed by atoms with Crippen LogP contribution in [0.5, 0.6) is 0 Å². The quantitative estimate of drug-likeness (QED) is 0.330. The van der Waals surface area contributed by atoms with Gasteiger partial charge in [0.1, 0.15) is 0 Å². The molecule has 1 aromatic carbocycles. The van der Waals surface area contributed by atoms with E-state index in [4.69, 9.17) is 12.2 Å². The average Bonchev–Trinajstić information content (AvgIpc) is 3.00. The second kappa shape index (κ2) is 8.95. The van der Waals surface area contributed by atoms with E-state index in [2.05, 4.69) is 15.7 Å². The molecule has 0 aliphatic rings. The minimum absolute atomic E-state index is 0.171. The van der Waals surface area contributed by atoms with E-state index in [1.807, 2.05) is 19.0 Å². The Morgan fingerprint density at radius 1 is 1.19 bits per heavy atom. The van der Waals surface area contributed by atoms with Crippen molar-refractivity contribution in [1.29, 1.82) is 0 Å². The summed E-state index contributed by atoms with van der Waals surface area (Å²) in [5.74, 6) is -5.44. The molecule has 2 rings (SSSR count). The molecule has 0 radical (unpaired) electrons. The lowest BCUT2D eigenvalue weighted by atomic mass is 10.2. The molecule has 0 amide bonds. The molecule has 0 atom stereocenters. The molecule has 0 aliphatic carbocycles. The minimum Gasteiger partial charge on any atom is -0.362 e. The molecule has 2 N–H and O–H groups in total. The van der Waals surface area contributed by atoms with Crippen LogP contribution in [0.15, 0.2) is 18.3 Å². The van der Waals surface area contributed by atoms with E-state index in [0.717, 1.165) is 17.6 Å². The predicted molar refractivity (Wildman–Crippen MR) is 95.0 cm³/mol. The van der Waals surface area contributed by atoms with Gasteiger partial charge in [-0.3, -0.25) is 4.68 Å². The lowest BCUT2D eigenvalue weighted by molar-refractivity contribution is 0.400. The number of halogens is 4. The minimum atomic E-state index is -1.45. The highest BCUT2D eigenvalue weighted by atomic mass is 32.1. The number of thiocarbonyl (C=S) groups is 1. The monoisotopic (exact) mass is 389 g/mol. The third kappa shape index (κ3) is 5.40. The van der Waals surface area contributed by atoms with Crippen LogP contribution in [-0.2, 0) is 6.54 Å². The Balaban J connectivity index is 1.95. The largest absolute Gasteiger partial charge is 0.362 e. The summed E-state index contributed by atoms with van der Waals surface area (Å²) in [4.78, 5) is 2.05. The summed E-state index contributed by atoms with van der Waals surface area (Å²) in [6.07, 6.45) is 2.31. The van der Waals surface area contributed by atoms with Crippen LogP contribution in [0.25, 0.3) is 0 Å². The van der Waals surface area contributed by atoms with Gasteiger partial charge >= 0.3 is 0 Å². The molecule has 2 aromatic rings. The maximum absolute atomic E-state index is 13.7. The summed E-state index contributed by atoms with van der Waals surface area (Å²) >= 11 is 5.13. The van der Waals surface area contributed by atoms with Crippen LogP contribution in [0.1, 0.15) is 12.0 Å². The van der Waals surface area contributed by atoms with Crippen LogP contribution in [-0.4, -0.2) is 47.0 Å². The number of nitrogens with zero attached hydrogens (tertiary/aromatic N) is 3. The third-order valence-electron chi connectivity index (χ3n) is 3.47. The van der Waals surface area contributed by atoms with Gasteiger partial charge in [-0.2, -0.15) is 5.10 Å². The maximum Gasteiger partial charge on any atom is 0.171 e. The lowest BCUT2D eigenvalue weighted by Gasteiger charge is -2.11. The topological polar surface area (TPSA) is 45.1 Å². The molecule has 10 heteroatoms. The molecule has 0 saturated carbocycles. The Hall–Kier alpha value is -2.20. The molecule has 0 unspecified atom stereocenters. The molecule has 0 saturated heterocycles. The van der Waals surface area contributed by atoms with E-state index >= 15 is 0 Å². The SMILES string of the molecule is CN(C)CCCNC(=S)Nc1ccn(Cc2c(F)c(F)cc(F)c2F)n1. The predicted octanol–water partition coefficient (Wildman–Crippen LogP) is 2.73. The Kier molecular flexibility index (Phi) is 6.92. The van der Waals surface area contributed by atoms with Crippen molar-refractivity contribution in [3.63, 3.8) is 0 Å². The van der Waals surface area contributed by atoms with Crippen molar-refractivity contribution in [2.45, 2.75) is 13.0 Å². The van der Waals surface area contributed by atoms with E-state index in [0.29, 0.717) is 17.5 Å². The van der Waals surface area contributed by atoms with Gasteiger partial charge in [0.2, 0.25) is 0 Å². The molecule has 0 fully saturated rings. The number of aromatic nitrogens is 2. The molecule has 0 spiro atoms. The molecule has 26 heavy (non-hydrogen) atoms. The highest BCUT2D eigenvalue weighted by Crippen LogP contribution is 2.20. The van der Waals surface area contributed by atoms with Gasteiger partial charge in [0.25, 0.3) is 0 Å². The van der Waals surface area contributed by atoms with Gasteiger partial charge in [-0.25, -0.2) is 17.6 Å². The van der Waals surface area contributed by atoms with Gasteiger partial charge in [-0.15, -0.1) is 0 Å². The van der Waals surface area contributed by atoms with Gasteiger partial charge in [0.05, 0.1) is 12.1 Å². The first-order chi connectivity index (χ1) is 12.3. The number of nitrogens with one attached hydrogen (secondary N) is 2. The van der Waals surface area contributed by atoms with Gasteiger partial charge < -0.3 is 15.5 Å². The summed E-state index contributed by atoms with van der Waals surface area (Å²) in [7, 11) is 3.94. The van der Waals surface area contributed by atoms with Crippen LogP contribution < -0.4 is 10.6 Å². The van der Waals surface area contributed by atoms with E-state index < -0.39 is 35.4 Å². The van der Waals surface area contributed by atoms with Crippen LogP contribution in [0, 0.1) is 23.3 Å². The molecule has 142 valence electrons. The molecule has 0 aliphatic heterocycles. The summed E-state index contributed by atoms with van der Waals surface area (Å²) in [5, 5.41) is 10.2. The molecule has 5 nitrogen and oxygen atoms in total. The number of rotatable bonds is 7. The van der Waals surface area contributed by atoms with E-state index in [1.165, 1.54) is 12.3 Å². The Labute approximate surface area is 154 Å². The standard InChI is InChI=1S/C16H19F4N5S/c1-24(2)6-3-5-21-16(26)22-13-4-7-25(23-13)9-10-14(19)11(17)8-12(18)15(10)20/h4,7-8H,3,5-6,9H2,1-2H3,(H2,21,22,23,26). The molecule has 1 aromatic heterocycles. The second-order valence-electron chi connectivity index (χ2n) is 5.88. The first-order valence-corrected chi connectivity index (χ1v) is 8.23. The van der Waals surface area contributed by atoms with Crippen molar-refractivity contribution in [2.24, 2.45) is 0 Å². The number of hydrogen-bond donors (Lipinski definition) is 2. The van der Waals surface area contributed by atoms with E-state index in [9.17, 15) is 17.6 Å². The highest BCUT2D eigenvalue weighted by molar-refractivity contribution is 7.80. The number of benzene rings is 1. The van der Waals surface area contributed by atoms with Crippen molar-refractivity contribution in [1.82, 2.24) is 20.0 Å². The summed E-state index contributed by atoms with van der Waals surface area (Å²) in [6.45, 7) is 1.12. The Bertz CT molecular complexity index is 752. The highest BCUT2D eigenvalue weighted by Gasteiger charge is 2.19. The van der Waals surface area contributed by atoms with Crippen molar-refractivity contribution in [3.05, 3.63) is 47.2 Å². The lowest BCUT2D eigenvalue weighted by Crippen LogP contribution is -2.31. The van der Waals surface area contributed by atoms with Crippen LogP contribution in [0.2, 0.25) is 0 Å². The van der Waals surface area contributed by atoms with E-state index in [-0.39, 0.29) is 6.07 Å². The zero-order valence-corrected chi connectivity index (χ0v) is 15.1. The smallest absolute Gasteiger partial charge is 0.171 e. The number of anilines is 1. The van der Waals surface area contributed by atoms with Gasteiger partial charge in [-0.05, 0) is 39.3 Å². The molecular weight excluding hydrogens is 370 g/mol. The molecule has 0 bridgehead atoms.